The van der Waals surface area contributed by atoms with Crippen LogP contribution in [0.5, 0.6) is 5.75 Å². The third-order valence-corrected chi connectivity index (χ3v) is 7.73. The average Bonchev–Trinajstić information content (AvgIpc) is 3.44. The lowest BCUT2D eigenvalue weighted by Gasteiger charge is -2.36. The summed E-state index contributed by atoms with van der Waals surface area (Å²) >= 11 is 0. The van der Waals surface area contributed by atoms with E-state index in [0.29, 0.717) is 47.8 Å². The molecule has 0 saturated carbocycles. The topological polar surface area (TPSA) is 100 Å². The van der Waals surface area contributed by atoms with E-state index >= 15 is 0 Å². The molecule has 10 heteroatoms. The average molecular weight is 537 g/mol. The minimum Gasteiger partial charge on any atom is -0.458 e. The highest BCUT2D eigenvalue weighted by Gasteiger charge is 2.31. The second kappa shape index (κ2) is 10.9. The standard InChI is InChI=1S/C29H37FN6O3/c1-6-17(2)15-36-23(13-19-8-7-10-32-27(19)36)28-33-22-12-20(14-25(39-18(3)30)26(22)34(28)4)29(37)35-11-9-24(38-5)21(31)16-35/h7-8,10,12-14,17-18,21,24H,6,9,11,15-16,31H2,1-5H3. The van der Waals surface area contributed by atoms with E-state index in [2.05, 4.69) is 29.5 Å². The molecule has 9 nitrogen and oxygen atoms in total. The predicted octanol–water partition coefficient (Wildman–Crippen LogP) is 4.52. The Morgan fingerprint density at radius 1 is 1.28 bits per heavy atom. The fourth-order valence-corrected chi connectivity index (χ4v) is 5.45. The fraction of sp³-hybridized carbons (Fsp3) is 0.483. The van der Waals surface area contributed by atoms with Crippen LogP contribution in [0.15, 0.2) is 36.5 Å². The number of nitrogens with zero attached hydrogens (tertiary/aromatic N) is 5. The number of halogens is 1. The number of nitrogens with two attached hydrogens (primary N) is 1. The van der Waals surface area contributed by atoms with Crippen LogP contribution in [0.25, 0.3) is 33.6 Å². The number of hydrogen-bond acceptors (Lipinski definition) is 6. The summed E-state index contributed by atoms with van der Waals surface area (Å²) in [5, 5.41) is 1.02. The Morgan fingerprint density at radius 2 is 2.08 bits per heavy atom. The highest BCUT2D eigenvalue weighted by molar-refractivity contribution is 6.00. The summed E-state index contributed by atoms with van der Waals surface area (Å²) in [5.74, 6) is 1.20. The SMILES string of the molecule is CCC(C)Cn1c(-c2nc3cc(C(=O)N4CCC(OC)C(N)C4)cc(OC(C)F)c3n2C)cc2cccnc21. The van der Waals surface area contributed by atoms with Gasteiger partial charge in [-0.2, -0.15) is 0 Å². The predicted molar refractivity (Wildman–Crippen MR) is 149 cm³/mol. The molecule has 1 aliphatic rings. The molecule has 1 aromatic carbocycles. The number of piperidine rings is 1. The number of likely N-dealkylation sites (tertiary alicyclic amines) is 1. The van der Waals surface area contributed by atoms with Gasteiger partial charge in [-0.1, -0.05) is 20.3 Å². The van der Waals surface area contributed by atoms with Crippen molar-refractivity contribution in [2.45, 2.75) is 58.7 Å². The minimum atomic E-state index is -1.57. The molecule has 39 heavy (non-hydrogen) atoms. The Balaban J connectivity index is 1.62. The zero-order chi connectivity index (χ0) is 27.8. The van der Waals surface area contributed by atoms with Gasteiger partial charge in [-0.25, -0.2) is 14.4 Å². The number of alkyl halides is 1. The van der Waals surface area contributed by atoms with Crippen LogP contribution >= 0.6 is 0 Å². The summed E-state index contributed by atoms with van der Waals surface area (Å²) in [7, 11) is 3.52. The van der Waals surface area contributed by atoms with E-state index in [1.54, 1.807) is 30.3 Å². The van der Waals surface area contributed by atoms with E-state index in [1.807, 2.05) is 23.7 Å². The number of carbonyl (C=O) groups is 1. The highest BCUT2D eigenvalue weighted by Crippen LogP contribution is 2.35. The number of carbonyl (C=O) groups excluding carboxylic acids is 1. The first-order valence-corrected chi connectivity index (χ1v) is 13.5. The second-order valence-corrected chi connectivity index (χ2v) is 10.5. The van der Waals surface area contributed by atoms with E-state index in [4.69, 9.17) is 20.2 Å². The first-order valence-electron chi connectivity index (χ1n) is 13.5. The molecule has 1 fully saturated rings. The van der Waals surface area contributed by atoms with Gasteiger partial charge >= 0.3 is 0 Å². The Kier molecular flexibility index (Phi) is 7.59. The van der Waals surface area contributed by atoms with E-state index in [1.165, 1.54) is 6.92 Å². The zero-order valence-electron chi connectivity index (χ0n) is 23.2. The van der Waals surface area contributed by atoms with Crippen molar-refractivity contribution in [3.63, 3.8) is 0 Å². The molecule has 2 N–H and O–H groups in total. The Morgan fingerprint density at radius 3 is 2.77 bits per heavy atom. The first kappa shape index (κ1) is 27.1. The normalized spacial score (nSPS) is 19.5. The van der Waals surface area contributed by atoms with E-state index < -0.39 is 6.36 Å². The Labute approximate surface area is 227 Å². The number of hydrogen-bond donors (Lipinski definition) is 1. The summed E-state index contributed by atoms with van der Waals surface area (Å²) in [4.78, 5) is 24.9. The molecule has 1 amide bonds. The summed E-state index contributed by atoms with van der Waals surface area (Å²) < 4.78 is 29.3. The van der Waals surface area contributed by atoms with Crippen LogP contribution in [0.1, 0.15) is 44.0 Å². The monoisotopic (exact) mass is 536 g/mol. The number of rotatable bonds is 8. The van der Waals surface area contributed by atoms with Crippen molar-refractivity contribution >= 4 is 28.0 Å². The summed E-state index contributed by atoms with van der Waals surface area (Å²) in [6.07, 6.45) is 1.82. The number of fused-ring (bicyclic) bond motifs is 2. The van der Waals surface area contributed by atoms with Gasteiger partial charge in [-0.15, -0.1) is 0 Å². The lowest BCUT2D eigenvalue weighted by Crippen LogP contribution is -2.53. The zero-order valence-corrected chi connectivity index (χ0v) is 23.2. The molecule has 4 unspecified atom stereocenters. The molecular formula is C29H37FN6O3. The van der Waals surface area contributed by atoms with Crippen LogP contribution in [-0.4, -0.2) is 68.6 Å². The van der Waals surface area contributed by atoms with E-state index in [0.717, 1.165) is 29.7 Å². The van der Waals surface area contributed by atoms with Gasteiger partial charge < -0.3 is 29.2 Å². The number of ether oxygens (including phenoxy) is 2. The van der Waals surface area contributed by atoms with E-state index in [9.17, 15) is 9.18 Å². The Bertz CT molecular complexity index is 1500. The van der Waals surface area contributed by atoms with Gasteiger partial charge in [0.15, 0.2) is 5.82 Å². The number of benzene rings is 1. The van der Waals surface area contributed by atoms with Crippen molar-refractivity contribution in [1.82, 2.24) is 24.0 Å². The molecule has 1 saturated heterocycles. The smallest absolute Gasteiger partial charge is 0.254 e. The van der Waals surface area contributed by atoms with Crippen LogP contribution in [0.4, 0.5) is 4.39 Å². The molecular weight excluding hydrogens is 499 g/mol. The quantitative estimate of drug-likeness (QED) is 0.356. The molecule has 208 valence electrons. The van der Waals surface area contributed by atoms with Crippen LogP contribution in [0.2, 0.25) is 0 Å². The summed E-state index contributed by atoms with van der Waals surface area (Å²) in [5.41, 5.74) is 9.59. The number of aryl methyl sites for hydroxylation is 1. The molecule has 0 spiro atoms. The third-order valence-electron chi connectivity index (χ3n) is 7.73. The Hall–Kier alpha value is -3.50. The van der Waals surface area contributed by atoms with Gasteiger partial charge in [0, 0.05) is 63.9 Å². The minimum absolute atomic E-state index is 0.0853. The van der Waals surface area contributed by atoms with Crippen LogP contribution in [0, 0.1) is 5.92 Å². The number of amides is 1. The molecule has 4 heterocycles. The fourth-order valence-electron chi connectivity index (χ4n) is 5.45. The van der Waals surface area contributed by atoms with E-state index in [-0.39, 0.29) is 23.8 Å². The number of pyridine rings is 1. The largest absolute Gasteiger partial charge is 0.458 e. The maximum Gasteiger partial charge on any atom is 0.254 e. The molecule has 4 atom stereocenters. The summed E-state index contributed by atoms with van der Waals surface area (Å²) in [6, 6.07) is 9.12. The number of imidazole rings is 1. The van der Waals surface area contributed by atoms with Crippen LogP contribution in [-0.2, 0) is 18.3 Å². The highest BCUT2D eigenvalue weighted by atomic mass is 19.1. The van der Waals surface area contributed by atoms with Crippen molar-refractivity contribution in [3.8, 4) is 17.3 Å². The lowest BCUT2D eigenvalue weighted by molar-refractivity contribution is 0.0226. The lowest BCUT2D eigenvalue weighted by atomic mass is 10.0. The molecule has 3 aromatic heterocycles. The van der Waals surface area contributed by atoms with Gasteiger partial charge in [0.05, 0.1) is 17.3 Å². The van der Waals surface area contributed by atoms with Crippen molar-refractivity contribution in [2.75, 3.05) is 20.2 Å². The van der Waals surface area contributed by atoms with Gasteiger partial charge in [0.1, 0.15) is 16.9 Å². The first-order chi connectivity index (χ1) is 18.7. The van der Waals surface area contributed by atoms with Gasteiger partial charge in [-0.05, 0) is 42.7 Å². The van der Waals surface area contributed by atoms with Gasteiger partial charge in [0.2, 0.25) is 6.36 Å². The molecule has 4 aromatic rings. The number of methoxy groups -OCH3 is 1. The van der Waals surface area contributed by atoms with Gasteiger partial charge in [0.25, 0.3) is 5.91 Å². The maximum absolute atomic E-state index is 14.2. The van der Waals surface area contributed by atoms with Crippen LogP contribution < -0.4 is 10.5 Å². The van der Waals surface area contributed by atoms with Gasteiger partial charge in [-0.3, -0.25) is 4.79 Å². The number of aromatic nitrogens is 4. The molecule has 0 bridgehead atoms. The second-order valence-electron chi connectivity index (χ2n) is 10.5. The molecule has 1 aliphatic heterocycles. The maximum atomic E-state index is 14.2. The summed E-state index contributed by atoms with van der Waals surface area (Å²) in [6.45, 7) is 7.38. The third kappa shape index (κ3) is 5.10. The molecule has 0 aliphatic carbocycles. The molecule has 0 radical (unpaired) electrons. The van der Waals surface area contributed by atoms with Crippen molar-refractivity contribution in [3.05, 3.63) is 42.1 Å². The van der Waals surface area contributed by atoms with Crippen molar-refractivity contribution in [2.24, 2.45) is 18.7 Å². The van der Waals surface area contributed by atoms with Crippen molar-refractivity contribution < 1.29 is 18.7 Å². The van der Waals surface area contributed by atoms with Crippen LogP contribution in [0.3, 0.4) is 0 Å². The van der Waals surface area contributed by atoms with Crippen molar-refractivity contribution in [1.29, 1.82) is 0 Å². The molecule has 5 rings (SSSR count).